The average molecular weight is 334 g/mol. The van der Waals surface area contributed by atoms with Crippen LogP contribution in [0.2, 0.25) is 0 Å². The summed E-state index contributed by atoms with van der Waals surface area (Å²) in [6.07, 6.45) is 3.81. The summed E-state index contributed by atoms with van der Waals surface area (Å²) in [5.74, 6) is 0.0219. The number of nitrogens with zero attached hydrogens (tertiary/aromatic N) is 1. The Balaban J connectivity index is 1.91. The first-order valence-electron chi connectivity index (χ1n) is 9.04. The third kappa shape index (κ3) is 3.32. The van der Waals surface area contributed by atoms with Gasteiger partial charge in [-0.2, -0.15) is 0 Å². The lowest BCUT2D eigenvalue weighted by Gasteiger charge is -2.19. The Labute approximate surface area is 149 Å². The number of fused-ring (bicyclic) bond motifs is 1. The van der Waals surface area contributed by atoms with Gasteiger partial charge in [0.2, 0.25) is 5.91 Å². The first-order chi connectivity index (χ1) is 12.0. The predicted molar refractivity (Wildman–Crippen MR) is 105 cm³/mol. The van der Waals surface area contributed by atoms with E-state index in [-0.39, 0.29) is 11.9 Å². The molecule has 0 spiro atoms. The minimum absolute atomic E-state index is 0.0219. The molecule has 0 aliphatic rings. The van der Waals surface area contributed by atoms with Gasteiger partial charge in [0.05, 0.1) is 0 Å². The molecule has 0 aliphatic carbocycles. The van der Waals surface area contributed by atoms with Crippen molar-refractivity contribution < 1.29 is 4.79 Å². The first kappa shape index (κ1) is 17.3. The summed E-state index contributed by atoms with van der Waals surface area (Å²) >= 11 is 0. The maximum absolute atomic E-state index is 12.9. The fourth-order valence-electron chi connectivity index (χ4n) is 3.38. The maximum atomic E-state index is 12.9. The molecular formula is C22H26N2O. The Morgan fingerprint density at radius 1 is 1.08 bits per heavy atom. The Kier molecular flexibility index (Phi) is 4.93. The molecule has 0 saturated heterocycles. The van der Waals surface area contributed by atoms with Crippen molar-refractivity contribution in [3.63, 3.8) is 0 Å². The van der Waals surface area contributed by atoms with Crippen LogP contribution in [0.4, 0.5) is 5.69 Å². The summed E-state index contributed by atoms with van der Waals surface area (Å²) in [5.41, 5.74) is 5.68. The molecule has 25 heavy (non-hydrogen) atoms. The lowest BCUT2D eigenvalue weighted by molar-refractivity contribution is -0.118. The highest BCUT2D eigenvalue weighted by molar-refractivity contribution is 5.96. The lowest BCUT2D eigenvalue weighted by atomic mass is 10.0. The number of hydrogen-bond acceptors (Lipinski definition) is 1. The molecule has 1 heterocycles. The quantitative estimate of drug-likeness (QED) is 0.677. The fraction of sp³-hybridized carbons (Fsp3) is 0.318. The van der Waals surface area contributed by atoms with E-state index in [1.807, 2.05) is 17.7 Å². The summed E-state index contributed by atoms with van der Waals surface area (Å²) in [4.78, 5) is 12.9. The molecule has 3 rings (SSSR count). The van der Waals surface area contributed by atoms with Crippen LogP contribution in [0.1, 0.15) is 43.5 Å². The van der Waals surface area contributed by atoms with Crippen molar-refractivity contribution in [2.45, 2.75) is 46.6 Å². The second-order valence-corrected chi connectivity index (χ2v) is 6.61. The van der Waals surface area contributed by atoms with E-state index in [2.05, 4.69) is 68.6 Å². The molecule has 1 atom stereocenters. The van der Waals surface area contributed by atoms with Crippen LogP contribution in [0.25, 0.3) is 10.9 Å². The van der Waals surface area contributed by atoms with Crippen LogP contribution >= 0.6 is 0 Å². The van der Waals surface area contributed by atoms with Crippen molar-refractivity contribution in [3.05, 3.63) is 65.4 Å². The third-order valence-electron chi connectivity index (χ3n) is 4.92. The number of carbonyl (C=O) groups is 1. The standard InChI is InChI=1S/C22H26N2O/c1-5-17-8-7-9-18(6-2)21(17)23-22(25)16(4)24-13-12-19-14-15(3)10-11-20(19)24/h7-14,16H,5-6H2,1-4H3,(H,23,25). The van der Waals surface area contributed by atoms with Crippen molar-refractivity contribution in [1.29, 1.82) is 0 Å². The summed E-state index contributed by atoms with van der Waals surface area (Å²) in [7, 11) is 0. The highest BCUT2D eigenvalue weighted by Gasteiger charge is 2.18. The summed E-state index contributed by atoms with van der Waals surface area (Å²) < 4.78 is 2.05. The number of nitrogens with one attached hydrogen (secondary N) is 1. The van der Waals surface area contributed by atoms with Gasteiger partial charge in [0.25, 0.3) is 0 Å². The van der Waals surface area contributed by atoms with Crippen molar-refractivity contribution in [2.24, 2.45) is 0 Å². The Hall–Kier alpha value is -2.55. The molecule has 3 aromatic rings. The highest BCUT2D eigenvalue weighted by Crippen LogP contribution is 2.26. The van der Waals surface area contributed by atoms with Crippen LogP contribution in [-0.2, 0) is 17.6 Å². The van der Waals surface area contributed by atoms with Crippen LogP contribution < -0.4 is 5.32 Å². The molecule has 3 nitrogen and oxygen atoms in total. The van der Waals surface area contributed by atoms with Crippen molar-refractivity contribution >= 4 is 22.5 Å². The van der Waals surface area contributed by atoms with Crippen LogP contribution in [-0.4, -0.2) is 10.5 Å². The predicted octanol–water partition coefficient (Wildman–Crippen LogP) is 5.27. The molecule has 0 radical (unpaired) electrons. The number of aryl methyl sites for hydroxylation is 3. The van der Waals surface area contributed by atoms with E-state index in [0.29, 0.717) is 0 Å². The average Bonchev–Trinajstić information content (AvgIpc) is 3.03. The van der Waals surface area contributed by atoms with Crippen LogP contribution in [0.5, 0.6) is 0 Å². The molecule has 1 amide bonds. The van der Waals surface area contributed by atoms with Gasteiger partial charge in [0, 0.05) is 17.4 Å². The maximum Gasteiger partial charge on any atom is 0.247 e. The molecule has 1 N–H and O–H groups in total. The Morgan fingerprint density at radius 2 is 1.76 bits per heavy atom. The number of anilines is 1. The van der Waals surface area contributed by atoms with Gasteiger partial charge in [-0.1, -0.05) is 43.7 Å². The van der Waals surface area contributed by atoms with Gasteiger partial charge in [-0.25, -0.2) is 0 Å². The largest absolute Gasteiger partial charge is 0.335 e. The number of carbonyl (C=O) groups excluding carboxylic acids is 1. The fourth-order valence-corrected chi connectivity index (χ4v) is 3.38. The summed E-state index contributed by atoms with van der Waals surface area (Å²) in [6, 6.07) is 14.4. The van der Waals surface area contributed by atoms with Crippen molar-refractivity contribution in [1.82, 2.24) is 4.57 Å². The van der Waals surface area contributed by atoms with Crippen molar-refractivity contribution in [3.8, 4) is 0 Å². The van der Waals surface area contributed by atoms with Gasteiger partial charge in [0.1, 0.15) is 6.04 Å². The van der Waals surface area contributed by atoms with Gasteiger partial charge in [-0.05, 0) is 61.4 Å². The van der Waals surface area contributed by atoms with Gasteiger partial charge in [0.15, 0.2) is 0 Å². The number of rotatable bonds is 5. The van der Waals surface area contributed by atoms with E-state index >= 15 is 0 Å². The van der Waals surface area contributed by atoms with Crippen LogP contribution in [0.3, 0.4) is 0 Å². The Bertz CT molecular complexity index is 885. The topological polar surface area (TPSA) is 34.0 Å². The molecule has 3 heteroatoms. The zero-order valence-corrected chi connectivity index (χ0v) is 15.5. The normalized spacial score (nSPS) is 12.3. The van der Waals surface area contributed by atoms with Crippen LogP contribution in [0, 0.1) is 6.92 Å². The van der Waals surface area contributed by atoms with E-state index < -0.39 is 0 Å². The van der Waals surface area contributed by atoms with Gasteiger partial charge < -0.3 is 9.88 Å². The van der Waals surface area contributed by atoms with E-state index in [0.717, 1.165) is 24.0 Å². The molecule has 130 valence electrons. The summed E-state index contributed by atoms with van der Waals surface area (Å²) in [6.45, 7) is 8.28. The number of benzene rings is 2. The molecule has 0 bridgehead atoms. The Morgan fingerprint density at radius 3 is 2.40 bits per heavy atom. The minimum atomic E-state index is -0.269. The van der Waals surface area contributed by atoms with Crippen molar-refractivity contribution in [2.75, 3.05) is 5.32 Å². The molecule has 1 unspecified atom stereocenters. The van der Waals surface area contributed by atoms with Gasteiger partial charge in [-0.15, -0.1) is 0 Å². The highest BCUT2D eigenvalue weighted by atomic mass is 16.2. The molecule has 2 aromatic carbocycles. The van der Waals surface area contributed by atoms with E-state index in [9.17, 15) is 4.79 Å². The second-order valence-electron chi connectivity index (χ2n) is 6.61. The zero-order chi connectivity index (χ0) is 18.0. The molecular weight excluding hydrogens is 308 g/mol. The first-order valence-corrected chi connectivity index (χ1v) is 9.04. The molecule has 0 aliphatic heterocycles. The summed E-state index contributed by atoms with van der Waals surface area (Å²) in [5, 5.41) is 4.35. The number of para-hydroxylation sites is 1. The third-order valence-corrected chi connectivity index (χ3v) is 4.92. The van der Waals surface area contributed by atoms with E-state index in [4.69, 9.17) is 0 Å². The molecule has 0 fully saturated rings. The zero-order valence-electron chi connectivity index (χ0n) is 15.5. The minimum Gasteiger partial charge on any atom is -0.335 e. The van der Waals surface area contributed by atoms with Gasteiger partial charge >= 0.3 is 0 Å². The molecule has 0 saturated carbocycles. The van der Waals surface area contributed by atoms with E-state index in [1.54, 1.807) is 0 Å². The SMILES string of the molecule is CCc1cccc(CC)c1NC(=O)C(C)n1ccc2cc(C)ccc21. The number of amides is 1. The smallest absolute Gasteiger partial charge is 0.247 e. The van der Waals surface area contributed by atoms with Gasteiger partial charge in [-0.3, -0.25) is 4.79 Å². The monoisotopic (exact) mass is 334 g/mol. The lowest BCUT2D eigenvalue weighted by Crippen LogP contribution is -2.24. The number of hydrogen-bond donors (Lipinski definition) is 1. The molecule has 1 aromatic heterocycles. The number of aromatic nitrogens is 1. The second kappa shape index (κ2) is 7.14. The van der Waals surface area contributed by atoms with E-state index in [1.165, 1.54) is 22.1 Å². The van der Waals surface area contributed by atoms with Crippen LogP contribution in [0.15, 0.2) is 48.7 Å².